The number of pyridine rings is 1. The molecule has 27 heavy (non-hydrogen) atoms. The monoisotopic (exact) mass is 398 g/mol. The summed E-state index contributed by atoms with van der Waals surface area (Å²) in [4.78, 5) is 26.9. The van der Waals surface area contributed by atoms with Gasteiger partial charge in [0.25, 0.3) is 11.6 Å². The standard InChI is InChI=1S/C16H10ClF3N4O3/c1-8-14(23-7-9(16(18,19)20)2-5-13(23)21-8)15(25)22-10-3-4-11(17)12(6-10)24(26)27/h2-7H,1H3,(H,22,25). The maximum absolute atomic E-state index is 12.9. The number of nitro groups is 1. The zero-order chi connectivity index (χ0) is 19.9. The molecule has 0 aliphatic carbocycles. The van der Waals surface area contributed by atoms with Crippen LogP contribution in [0.3, 0.4) is 0 Å². The van der Waals surface area contributed by atoms with Crippen LogP contribution in [-0.4, -0.2) is 20.2 Å². The Morgan fingerprint density at radius 2 is 2.00 bits per heavy atom. The van der Waals surface area contributed by atoms with Gasteiger partial charge in [-0.1, -0.05) is 11.6 Å². The van der Waals surface area contributed by atoms with Crippen molar-refractivity contribution in [3.8, 4) is 0 Å². The lowest BCUT2D eigenvalue weighted by molar-refractivity contribution is -0.384. The fourth-order valence-corrected chi connectivity index (χ4v) is 2.71. The van der Waals surface area contributed by atoms with E-state index in [1.807, 2.05) is 0 Å². The number of nitrogens with one attached hydrogen (secondary N) is 1. The molecule has 0 aliphatic heterocycles. The van der Waals surface area contributed by atoms with Crippen molar-refractivity contribution < 1.29 is 22.9 Å². The Labute approximate surface area is 154 Å². The molecule has 7 nitrogen and oxygen atoms in total. The van der Waals surface area contributed by atoms with Crippen LogP contribution < -0.4 is 5.32 Å². The molecule has 0 fully saturated rings. The van der Waals surface area contributed by atoms with Crippen LogP contribution in [0, 0.1) is 17.0 Å². The molecule has 2 heterocycles. The van der Waals surface area contributed by atoms with Crippen molar-refractivity contribution >= 4 is 34.5 Å². The van der Waals surface area contributed by atoms with Gasteiger partial charge in [-0.25, -0.2) is 4.98 Å². The van der Waals surface area contributed by atoms with Gasteiger partial charge in [-0.2, -0.15) is 13.2 Å². The van der Waals surface area contributed by atoms with Crippen LogP contribution in [0.5, 0.6) is 0 Å². The number of anilines is 1. The Bertz CT molecular complexity index is 1080. The molecule has 2 aromatic heterocycles. The Kier molecular flexibility index (Phi) is 4.52. The second-order valence-electron chi connectivity index (χ2n) is 5.57. The lowest BCUT2D eigenvalue weighted by atomic mass is 10.2. The van der Waals surface area contributed by atoms with E-state index in [0.29, 0.717) is 0 Å². The first kappa shape index (κ1) is 18.6. The minimum Gasteiger partial charge on any atom is -0.320 e. The number of hydrogen-bond donors (Lipinski definition) is 1. The Balaban J connectivity index is 2.02. The Morgan fingerprint density at radius 1 is 1.30 bits per heavy atom. The number of halogens is 4. The fraction of sp³-hybridized carbons (Fsp3) is 0.125. The summed E-state index contributed by atoms with van der Waals surface area (Å²) in [5, 5.41) is 13.2. The third-order valence-electron chi connectivity index (χ3n) is 3.74. The highest BCUT2D eigenvalue weighted by molar-refractivity contribution is 6.32. The van der Waals surface area contributed by atoms with Gasteiger partial charge in [0.05, 0.1) is 16.2 Å². The summed E-state index contributed by atoms with van der Waals surface area (Å²) in [6.45, 7) is 1.47. The van der Waals surface area contributed by atoms with E-state index in [2.05, 4.69) is 10.3 Å². The number of amides is 1. The van der Waals surface area contributed by atoms with E-state index in [0.717, 1.165) is 28.8 Å². The predicted molar refractivity (Wildman–Crippen MR) is 91.0 cm³/mol. The third kappa shape index (κ3) is 3.56. The summed E-state index contributed by atoms with van der Waals surface area (Å²) in [5.41, 5.74) is -1.04. The molecule has 11 heteroatoms. The highest BCUT2D eigenvalue weighted by Gasteiger charge is 2.31. The van der Waals surface area contributed by atoms with Crippen LogP contribution in [0.25, 0.3) is 5.65 Å². The van der Waals surface area contributed by atoms with Crippen LogP contribution in [0.15, 0.2) is 36.5 Å². The van der Waals surface area contributed by atoms with Gasteiger partial charge in [0, 0.05) is 18.0 Å². The number of nitrogens with zero attached hydrogens (tertiary/aromatic N) is 3. The first-order chi connectivity index (χ1) is 12.6. The molecule has 1 amide bonds. The summed E-state index contributed by atoms with van der Waals surface area (Å²) in [7, 11) is 0. The molecular formula is C16H10ClF3N4O3. The number of fused-ring (bicyclic) bond motifs is 1. The largest absolute Gasteiger partial charge is 0.417 e. The first-order valence-electron chi connectivity index (χ1n) is 7.39. The number of imidazole rings is 1. The summed E-state index contributed by atoms with van der Waals surface area (Å²) in [5.74, 6) is -0.768. The van der Waals surface area contributed by atoms with E-state index in [4.69, 9.17) is 11.6 Å². The van der Waals surface area contributed by atoms with Crippen LogP contribution in [0.4, 0.5) is 24.5 Å². The number of alkyl halides is 3. The van der Waals surface area contributed by atoms with Gasteiger partial charge in [-0.3, -0.25) is 19.3 Å². The SMILES string of the molecule is Cc1nc2ccc(C(F)(F)F)cn2c1C(=O)Nc1ccc(Cl)c([N+](=O)[O-])c1. The molecule has 3 rings (SSSR count). The van der Waals surface area contributed by atoms with Crippen molar-refractivity contribution in [2.75, 3.05) is 5.32 Å². The van der Waals surface area contributed by atoms with Gasteiger partial charge in [0.2, 0.25) is 0 Å². The van der Waals surface area contributed by atoms with Gasteiger partial charge >= 0.3 is 6.18 Å². The van der Waals surface area contributed by atoms with Crippen molar-refractivity contribution in [1.82, 2.24) is 9.38 Å². The van der Waals surface area contributed by atoms with Gasteiger partial charge in [0.1, 0.15) is 16.4 Å². The molecule has 0 saturated heterocycles. The second-order valence-corrected chi connectivity index (χ2v) is 5.97. The fourth-order valence-electron chi connectivity index (χ4n) is 2.52. The highest BCUT2D eigenvalue weighted by atomic mass is 35.5. The van der Waals surface area contributed by atoms with E-state index in [1.54, 1.807) is 0 Å². The van der Waals surface area contributed by atoms with E-state index in [-0.39, 0.29) is 27.7 Å². The minimum absolute atomic E-state index is 0.0671. The molecule has 0 spiro atoms. The van der Waals surface area contributed by atoms with E-state index < -0.39 is 28.3 Å². The van der Waals surface area contributed by atoms with Crippen molar-refractivity contribution in [3.63, 3.8) is 0 Å². The van der Waals surface area contributed by atoms with Crippen molar-refractivity contribution in [1.29, 1.82) is 0 Å². The van der Waals surface area contributed by atoms with Crippen LogP contribution >= 0.6 is 11.6 Å². The molecule has 140 valence electrons. The highest BCUT2D eigenvalue weighted by Crippen LogP contribution is 2.30. The molecule has 0 radical (unpaired) electrons. The van der Waals surface area contributed by atoms with Crippen molar-refractivity contribution in [2.24, 2.45) is 0 Å². The molecule has 0 saturated carbocycles. The molecule has 0 aliphatic rings. The molecule has 0 bridgehead atoms. The van der Waals surface area contributed by atoms with Crippen molar-refractivity contribution in [2.45, 2.75) is 13.1 Å². The number of carbonyl (C=O) groups excluding carboxylic acids is 1. The Hall–Kier alpha value is -3.14. The van der Waals surface area contributed by atoms with Gasteiger partial charge in [-0.15, -0.1) is 0 Å². The maximum Gasteiger partial charge on any atom is 0.417 e. The van der Waals surface area contributed by atoms with Crippen LogP contribution in [-0.2, 0) is 6.18 Å². The number of hydrogen-bond acceptors (Lipinski definition) is 4. The molecule has 0 atom stereocenters. The summed E-state index contributed by atoms with van der Waals surface area (Å²) in [6, 6.07) is 5.65. The second kappa shape index (κ2) is 6.54. The number of rotatable bonds is 3. The third-order valence-corrected chi connectivity index (χ3v) is 4.06. The van der Waals surface area contributed by atoms with E-state index >= 15 is 0 Å². The smallest absolute Gasteiger partial charge is 0.320 e. The molecular weight excluding hydrogens is 389 g/mol. The van der Waals surface area contributed by atoms with E-state index in [1.165, 1.54) is 19.1 Å². The molecule has 0 unspecified atom stereocenters. The van der Waals surface area contributed by atoms with Crippen LogP contribution in [0.1, 0.15) is 21.7 Å². The average molecular weight is 399 g/mol. The number of aryl methyl sites for hydroxylation is 1. The predicted octanol–water partition coefficient (Wildman–Crippen LogP) is 4.48. The Morgan fingerprint density at radius 3 is 2.63 bits per heavy atom. The zero-order valence-corrected chi connectivity index (χ0v) is 14.3. The van der Waals surface area contributed by atoms with Gasteiger partial charge in [-0.05, 0) is 31.2 Å². The number of benzene rings is 1. The first-order valence-corrected chi connectivity index (χ1v) is 7.77. The molecule has 1 aromatic carbocycles. The lowest BCUT2D eigenvalue weighted by Crippen LogP contribution is -2.16. The summed E-state index contributed by atoms with van der Waals surface area (Å²) >= 11 is 5.72. The lowest BCUT2D eigenvalue weighted by Gasteiger charge is -2.09. The number of aromatic nitrogens is 2. The normalized spacial score (nSPS) is 11.6. The number of carbonyl (C=O) groups is 1. The maximum atomic E-state index is 12.9. The topological polar surface area (TPSA) is 89.5 Å². The van der Waals surface area contributed by atoms with Crippen LogP contribution in [0.2, 0.25) is 5.02 Å². The van der Waals surface area contributed by atoms with Crippen molar-refractivity contribution in [3.05, 3.63) is 68.6 Å². The molecule has 3 aromatic rings. The average Bonchev–Trinajstić information content (AvgIpc) is 2.90. The quantitative estimate of drug-likeness (QED) is 0.520. The van der Waals surface area contributed by atoms with E-state index in [9.17, 15) is 28.1 Å². The van der Waals surface area contributed by atoms with Gasteiger partial charge in [0.15, 0.2) is 0 Å². The summed E-state index contributed by atoms with van der Waals surface area (Å²) < 4.78 is 39.9. The molecule has 1 N–H and O–H groups in total. The van der Waals surface area contributed by atoms with Gasteiger partial charge < -0.3 is 5.32 Å². The zero-order valence-electron chi connectivity index (χ0n) is 13.5. The minimum atomic E-state index is -4.59. The summed E-state index contributed by atoms with van der Waals surface area (Å²) in [6.07, 6.45) is -3.81. The number of nitro benzene ring substituents is 1.